The number of hydrogen-bond donors (Lipinski definition) is 2. The summed E-state index contributed by atoms with van der Waals surface area (Å²) in [5.74, 6) is -0.712. The van der Waals surface area contributed by atoms with Crippen molar-refractivity contribution in [3.8, 4) is 0 Å². The third-order valence-corrected chi connectivity index (χ3v) is 3.60. The normalized spacial score (nSPS) is 15.5. The molecule has 0 amide bonds. The van der Waals surface area contributed by atoms with E-state index in [1.807, 2.05) is 0 Å². The topological polar surface area (TPSA) is 79.3 Å². The van der Waals surface area contributed by atoms with Crippen molar-refractivity contribution in [2.24, 2.45) is 0 Å². The van der Waals surface area contributed by atoms with Gasteiger partial charge in [-0.15, -0.1) is 0 Å². The molecule has 0 fully saturated rings. The molecule has 1 heterocycles. The van der Waals surface area contributed by atoms with Crippen LogP contribution in [0.25, 0.3) is 0 Å². The molecule has 96 valence electrons. The zero-order valence-corrected chi connectivity index (χ0v) is 10.4. The van der Waals surface area contributed by atoms with Crippen LogP contribution in [0.1, 0.15) is 20.3 Å². The summed E-state index contributed by atoms with van der Waals surface area (Å²) in [7, 11) is -3.79. The van der Waals surface area contributed by atoms with Crippen molar-refractivity contribution >= 4 is 10.0 Å². The molecule has 0 radical (unpaired) electrons. The van der Waals surface area contributed by atoms with Crippen molar-refractivity contribution in [1.29, 1.82) is 0 Å². The third-order valence-electron chi connectivity index (χ3n) is 2.04. The van der Waals surface area contributed by atoms with Crippen LogP contribution in [0.4, 0.5) is 4.39 Å². The van der Waals surface area contributed by atoms with Gasteiger partial charge in [-0.1, -0.05) is 0 Å². The highest BCUT2D eigenvalue weighted by molar-refractivity contribution is 7.89. The number of aliphatic hydroxyl groups is 1. The number of sulfonamides is 1. The Bertz CT molecular complexity index is 476. The number of aliphatic hydroxyl groups excluding tert-OH is 1. The summed E-state index contributed by atoms with van der Waals surface area (Å²) in [4.78, 5) is 3.25. The lowest BCUT2D eigenvalue weighted by atomic mass is 10.2. The largest absolute Gasteiger partial charge is 0.393 e. The summed E-state index contributed by atoms with van der Waals surface area (Å²) in [6.07, 6.45) is 1.67. The molecule has 2 unspecified atom stereocenters. The molecular weight excluding hydrogens is 247 g/mol. The van der Waals surface area contributed by atoms with E-state index < -0.39 is 28.0 Å². The third kappa shape index (κ3) is 4.37. The second-order valence-electron chi connectivity index (χ2n) is 3.95. The van der Waals surface area contributed by atoms with Gasteiger partial charge in [0.25, 0.3) is 0 Å². The van der Waals surface area contributed by atoms with E-state index in [9.17, 15) is 12.8 Å². The molecule has 1 aromatic heterocycles. The molecule has 0 saturated carbocycles. The predicted octanol–water partition coefficient (Wildman–Crippen LogP) is 0.658. The van der Waals surface area contributed by atoms with Gasteiger partial charge in [0.1, 0.15) is 10.7 Å². The first kappa shape index (κ1) is 14.0. The highest BCUT2D eigenvalue weighted by Gasteiger charge is 2.19. The Balaban J connectivity index is 2.82. The minimum atomic E-state index is -3.79. The molecule has 0 bridgehead atoms. The fraction of sp³-hybridized carbons (Fsp3) is 0.500. The van der Waals surface area contributed by atoms with E-state index in [0.717, 1.165) is 18.5 Å². The molecule has 1 rings (SSSR count). The van der Waals surface area contributed by atoms with Crippen molar-refractivity contribution in [3.63, 3.8) is 0 Å². The Morgan fingerprint density at radius 1 is 1.47 bits per heavy atom. The fourth-order valence-corrected chi connectivity index (χ4v) is 2.66. The summed E-state index contributed by atoms with van der Waals surface area (Å²) in [5.41, 5.74) is 0. The van der Waals surface area contributed by atoms with E-state index in [0.29, 0.717) is 0 Å². The molecule has 2 atom stereocenters. The van der Waals surface area contributed by atoms with Gasteiger partial charge in [-0.25, -0.2) is 17.5 Å². The smallest absolute Gasteiger partial charge is 0.242 e. The number of nitrogens with zero attached hydrogens (tertiary/aromatic N) is 1. The van der Waals surface area contributed by atoms with E-state index in [4.69, 9.17) is 5.11 Å². The Labute approximate surface area is 99.7 Å². The van der Waals surface area contributed by atoms with E-state index >= 15 is 0 Å². The van der Waals surface area contributed by atoms with Gasteiger partial charge in [-0.05, 0) is 26.3 Å². The number of halogens is 1. The van der Waals surface area contributed by atoms with Gasteiger partial charge in [-0.3, -0.25) is 4.98 Å². The molecule has 0 aliphatic rings. The van der Waals surface area contributed by atoms with E-state index in [-0.39, 0.29) is 11.3 Å². The van der Waals surface area contributed by atoms with E-state index in [1.54, 1.807) is 13.8 Å². The molecule has 0 aliphatic heterocycles. The zero-order chi connectivity index (χ0) is 13.1. The van der Waals surface area contributed by atoms with Crippen LogP contribution in [-0.4, -0.2) is 30.7 Å². The van der Waals surface area contributed by atoms with Crippen molar-refractivity contribution < 1.29 is 17.9 Å². The first-order valence-electron chi connectivity index (χ1n) is 5.12. The van der Waals surface area contributed by atoms with E-state index in [1.165, 1.54) is 0 Å². The van der Waals surface area contributed by atoms with Crippen LogP contribution in [0.15, 0.2) is 23.4 Å². The first-order valence-corrected chi connectivity index (χ1v) is 6.60. The molecule has 0 spiro atoms. The van der Waals surface area contributed by atoms with Gasteiger partial charge in [0.2, 0.25) is 10.0 Å². The Morgan fingerprint density at radius 3 is 2.65 bits per heavy atom. The Kier molecular flexibility index (Phi) is 4.55. The summed E-state index contributed by atoms with van der Waals surface area (Å²) in [6, 6.07) is 0.452. The van der Waals surface area contributed by atoms with Gasteiger partial charge in [0.05, 0.1) is 12.3 Å². The summed E-state index contributed by atoms with van der Waals surface area (Å²) < 4.78 is 38.7. The molecule has 2 N–H and O–H groups in total. The Morgan fingerprint density at radius 2 is 2.12 bits per heavy atom. The van der Waals surface area contributed by atoms with Gasteiger partial charge in [0, 0.05) is 12.2 Å². The molecule has 7 heteroatoms. The molecule has 17 heavy (non-hydrogen) atoms. The first-order chi connectivity index (χ1) is 7.81. The average molecular weight is 262 g/mol. The average Bonchev–Trinajstić information content (AvgIpc) is 2.15. The van der Waals surface area contributed by atoms with Crippen LogP contribution in [-0.2, 0) is 10.0 Å². The maximum absolute atomic E-state index is 12.9. The number of pyridine rings is 1. The van der Waals surface area contributed by atoms with Crippen LogP contribution in [0.5, 0.6) is 0 Å². The quantitative estimate of drug-likeness (QED) is 0.817. The maximum atomic E-state index is 12.9. The minimum absolute atomic E-state index is 0.227. The maximum Gasteiger partial charge on any atom is 0.242 e. The lowest BCUT2D eigenvalue weighted by Gasteiger charge is -2.15. The second kappa shape index (κ2) is 5.52. The van der Waals surface area contributed by atoms with Gasteiger partial charge in [0.15, 0.2) is 0 Å². The molecule has 0 aliphatic carbocycles. The van der Waals surface area contributed by atoms with Crippen molar-refractivity contribution in [1.82, 2.24) is 9.71 Å². The molecule has 5 nitrogen and oxygen atoms in total. The van der Waals surface area contributed by atoms with Crippen molar-refractivity contribution in [2.75, 3.05) is 0 Å². The minimum Gasteiger partial charge on any atom is -0.393 e. The summed E-state index contributed by atoms with van der Waals surface area (Å²) in [6.45, 7) is 3.19. The van der Waals surface area contributed by atoms with Crippen LogP contribution >= 0.6 is 0 Å². The molecule has 1 aromatic rings. The number of aromatic nitrogens is 1. The molecule has 0 saturated heterocycles. The van der Waals surface area contributed by atoms with Crippen LogP contribution in [0, 0.1) is 5.82 Å². The zero-order valence-electron chi connectivity index (χ0n) is 9.59. The molecule has 0 aromatic carbocycles. The SMILES string of the molecule is CC(O)CC(C)NS(=O)(=O)c1cncc(F)c1. The van der Waals surface area contributed by atoms with Gasteiger partial charge >= 0.3 is 0 Å². The fourth-order valence-electron chi connectivity index (χ4n) is 1.43. The standard InChI is InChI=1S/C10H15FN2O3S/c1-7(3-8(2)14)13-17(15,16)10-4-9(11)5-12-6-10/h4-8,13-14H,3H2,1-2H3. The highest BCUT2D eigenvalue weighted by Crippen LogP contribution is 2.10. The monoisotopic (exact) mass is 262 g/mol. The summed E-state index contributed by atoms with van der Waals surface area (Å²) >= 11 is 0. The summed E-state index contributed by atoms with van der Waals surface area (Å²) in [5, 5.41) is 9.13. The Hall–Kier alpha value is -1.05. The highest BCUT2D eigenvalue weighted by atomic mass is 32.2. The second-order valence-corrected chi connectivity index (χ2v) is 5.66. The number of nitrogens with one attached hydrogen (secondary N) is 1. The predicted molar refractivity (Wildman–Crippen MR) is 60.3 cm³/mol. The lowest BCUT2D eigenvalue weighted by molar-refractivity contribution is 0.175. The van der Waals surface area contributed by atoms with Gasteiger partial charge < -0.3 is 5.11 Å². The van der Waals surface area contributed by atoms with Crippen LogP contribution in [0.2, 0.25) is 0 Å². The van der Waals surface area contributed by atoms with Gasteiger partial charge in [-0.2, -0.15) is 0 Å². The van der Waals surface area contributed by atoms with E-state index in [2.05, 4.69) is 9.71 Å². The van der Waals surface area contributed by atoms with Crippen LogP contribution in [0.3, 0.4) is 0 Å². The number of rotatable bonds is 5. The lowest BCUT2D eigenvalue weighted by Crippen LogP contribution is -2.34. The molecular formula is C10H15FN2O3S. The van der Waals surface area contributed by atoms with Crippen LogP contribution < -0.4 is 4.72 Å². The van der Waals surface area contributed by atoms with Crippen molar-refractivity contribution in [2.45, 2.75) is 37.3 Å². The number of hydrogen-bond acceptors (Lipinski definition) is 4. The van der Waals surface area contributed by atoms with Crippen molar-refractivity contribution in [3.05, 3.63) is 24.3 Å².